The van der Waals surface area contributed by atoms with Crippen LogP contribution in [0.15, 0.2) is 36.4 Å². The molecule has 1 aliphatic carbocycles. The largest absolute Gasteiger partial charge is 0.489 e. The maximum absolute atomic E-state index is 11.4. The predicted octanol–water partition coefficient (Wildman–Crippen LogP) is 6.47. The lowest BCUT2D eigenvalue weighted by atomic mass is 9.76. The average molecular weight is 402 g/mol. The van der Waals surface area contributed by atoms with E-state index in [9.17, 15) is 9.90 Å². The molecule has 1 unspecified atom stereocenters. The normalized spacial score (nSPS) is 17.4. The Bertz CT molecular complexity index is 874. The van der Waals surface area contributed by atoms with E-state index >= 15 is 0 Å². The second-order valence-corrected chi connectivity index (χ2v) is 8.26. The molecule has 0 radical (unpaired) electrons. The van der Waals surface area contributed by atoms with E-state index in [4.69, 9.17) is 16.3 Å². The first-order valence-corrected chi connectivity index (χ1v) is 10.3. The molecule has 0 heterocycles. The topological polar surface area (TPSA) is 58.6 Å². The number of halogens is 1. The lowest BCUT2D eigenvalue weighted by Crippen LogP contribution is -2.37. The van der Waals surface area contributed by atoms with Gasteiger partial charge in [-0.05, 0) is 72.9 Å². The summed E-state index contributed by atoms with van der Waals surface area (Å²) in [5.41, 5.74) is 4.32. The van der Waals surface area contributed by atoms with Gasteiger partial charge in [-0.3, -0.25) is 0 Å². The average Bonchev–Trinajstić information content (AvgIpc) is 2.96. The SMILES string of the molecule is CCC1(CC)Cc2cc(-c3ccc(OC(C)C)c(Cl)c3)ccc2C1NC(=O)O. The minimum Gasteiger partial charge on any atom is -0.489 e. The first-order chi connectivity index (χ1) is 13.3. The van der Waals surface area contributed by atoms with Gasteiger partial charge in [0.05, 0.1) is 17.2 Å². The van der Waals surface area contributed by atoms with Gasteiger partial charge in [-0.15, -0.1) is 0 Å². The van der Waals surface area contributed by atoms with Crippen molar-refractivity contribution >= 4 is 17.7 Å². The highest BCUT2D eigenvalue weighted by Gasteiger charge is 2.44. The minimum atomic E-state index is -0.972. The van der Waals surface area contributed by atoms with Crippen LogP contribution in [0.3, 0.4) is 0 Å². The second kappa shape index (κ2) is 8.04. The zero-order valence-corrected chi connectivity index (χ0v) is 17.6. The Hall–Kier alpha value is -2.20. The van der Waals surface area contributed by atoms with E-state index in [1.165, 1.54) is 5.56 Å². The van der Waals surface area contributed by atoms with Crippen LogP contribution in [0.5, 0.6) is 5.75 Å². The van der Waals surface area contributed by atoms with Crippen LogP contribution in [0.25, 0.3) is 11.1 Å². The molecule has 1 atom stereocenters. The first kappa shape index (κ1) is 20.5. The molecule has 0 spiro atoms. The van der Waals surface area contributed by atoms with E-state index in [-0.39, 0.29) is 17.6 Å². The summed E-state index contributed by atoms with van der Waals surface area (Å²) in [6, 6.07) is 12.0. The Labute approximate surface area is 171 Å². The highest BCUT2D eigenvalue weighted by atomic mass is 35.5. The Morgan fingerprint density at radius 2 is 1.86 bits per heavy atom. The number of amides is 1. The molecule has 0 saturated carbocycles. The molecule has 0 saturated heterocycles. The maximum atomic E-state index is 11.4. The summed E-state index contributed by atoms with van der Waals surface area (Å²) in [6.45, 7) is 8.22. The van der Waals surface area contributed by atoms with Gasteiger partial charge in [0.25, 0.3) is 0 Å². The molecule has 0 bridgehead atoms. The number of benzene rings is 2. The van der Waals surface area contributed by atoms with Crippen molar-refractivity contribution in [2.24, 2.45) is 5.41 Å². The second-order valence-electron chi connectivity index (χ2n) is 7.85. The molecular weight excluding hydrogens is 374 g/mol. The van der Waals surface area contributed by atoms with Gasteiger partial charge < -0.3 is 15.2 Å². The Balaban J connectivity index is 1.97. The Morgan fingerprint density at radius 1 is 1.21 bits per heavy atom. The summed E-state index contributed by atoms with van der Waals surface area (Å²) in [4.78, 5) is 11.4. The van der Waals surface area contributed by atoms with Crippen molar-refractivity contribution in [3.05, 3.63) is 52.5 Å². The zero-order chi connectivity index (χ0) is 20.5. The quantitative estimate of drug-likeness (QED) is 0.583. The molecule has 150 valence electrons. The van der Waals surface area contributed by atoms with Crippen LogP contribution >= 0.6 is 11.6 Å². The van der Waals surface area contributed by atoms with Gasteiger partial charge in [0.1, 0.15) is 5.75 Å². The first-order valence-electron chi connectivity index (χ1n) is 9.88. The Kier molecular flexibility index (Phi) is 5.90. The van der Waals surface area contributed by atoms with Crippen LogP contribution < -0.4 is 10.1 Å². The van der Waals surface area contributed by atoms with E-state index in [2.05, 4.69) is 31.3 Å². The van der Waals surface area contributed by atoms with Gasteiger partial charge in [0, 0.05) is 0 Å². The third kappa shape index (κ3) is 3.83. The fourth-order valence-corrected chi connectivity index (χ4v) is 4.55. The van der Waals surface area contributed by atoms with E-state index < -0.39 is 6.09 Å². The van der Waals surface area contributed by atoms with Crippen LogP contribution in [0.4, 0.5) is 4.79 Å². The number of hydrogen-bond donors (Lipinski definition) is 2. The molecule has 3 rings (SSSR count). The lowest BCUT2D eigenvalue weighted by Gasteiger charge is -2.33. The highest BCUT2D eigenvalue weighted by Crippen LogP contribution is 2.51. The highest BCUT2D eigenvalue weighted by molar-refractivity contribution is 6.32. The monoisotopic (exact) mass is 401 g/mol. The summed E-state index contributed by atoms with van der Waals surface area (Å²) < 4.78 is 5.72. The molecule has 1 aliphatic rings. The number of ether oxygens (including phenoxy) is 1. The van der Waals surface area contributed by atoms with Crippen molar-refractivity contribution in [1.29, 1.82) is 0 Å². The minimum absolute atomic E-state index is 0.0678. The molecule has 1 amide bonds. The number of rotatable bonds is 6. The summed E-state index contributed by atoms with van der Waals surface area (Å²) in [5, 5.41) is 12.7. The van der Waals surface area contributed by atoms with Crippen molar-refractivity contribution in [2.45, 2.75) is 59.1 Å². The molecular formula is C23H28ClNO3. The molecule has 5 heteroatoms. The fourth-order valence-electron chi connectivity index (χ4n) is 4.32. The predicted molar refractivity (Wildman–Crippen MR) is 113 cm³/mol. The van der Waals surface area contributed by atoms with E-state index in [0.29, 0.717) is 10.8 Å². The molecule has 0 aliphatic heterocycles. The maximum Gasteiger partial charge on any atom is 0.405 e. The van der Waals surface area contributed by atoms with Crippen LogP contribution in [0, 0.1) is 5.41 Å². The van der Waals surface area contributed by atoms with E-state index in [1.54, 1.807) is 0 Å². The molecule has 2 N–H and O–H groups in total. The molecule has 2 aromatic rings. The van der Waals surface area contributed by atoms with Crippen molar-refractivity contribution in [3.63, 3.8) is 0 Å². The summed E-state index contributed by atoms with van der Waals surface area (Å²) >= 11 is 6.41. The van der Waals surface area contributed by atoms with Crippen molar-refractivity contribution < 1.29 is 14.6 Å². The van der Waals surface area contributed by atoms with Crippen molar-refractivity contribution in [3.8, 4) is 16.9 Å². The lowest BCUT2D eigenvalue weighted by molar-refractivity contribution is 0.157. The van der Waals surface area contributed by atoms with E-state index in [0.717, 1.165) is 36.0 Å². The number of fused-ring (bicyclic) bond motifs is 1. The van der Waals surface area contributed by atoms with Crippen LogP contribution in [-0.2, 0) is 6.42 Å². The number of hydrogen-bond acceptors (Lipinski definition) is 2. The molecule has 2 aromatic carbocycles. The zero-order valence-electron chi connectivity index (χ0n) is 16.9. The number of carbonyl (C=O) groups is 1. The smallest absolute Gasteiger partial charge is 0.405 e. The van der Waals surface area contributed by atoms with Gasteiger partial charge in [-0.25, -0.2) is 4.79 Å². The van der Waals surface area contributed by atoms with Gasteiger partial charge in [-0.1, -0.05) is 49.7 Å². The summed E-state index contributed by atoms with van der Waals surface area (Å²) in [5.74, 6) is 0.684. The van der Waals surface area contributed by atoms with Gasteiger partial charge >= 0.3 is 6.09 Å². The standard InChI is InChI=1S/C23H28ClNO3/c1-5-23(6-2)13-17-11-15(7-9-18(17)21(23)25-22(26)27)16-8-10-20(19(24)12-16)28-14(3)4/h7-12,14,21,25H,5-6,13H2,1-4H3,(H,26,27). The Morgan fingerprint density at radius 3 is 2.43 bits per heavy atom. The summed E-state index contributed by atoms with van der Waals surface area (Å²) in [7, 11) is 0. The number of carboxylic acid groups (broad SMARTS) is 1. The van der Waals surface area contributed by atoms with Crippen LogP contribution in [0.1, 0.15) is 57.7 Å². The van der Waals surface area contributed by atoms with Gasteiger partial charge in [0.2, 0.25) is 0 Å². The third-order valence-corrected chi connectivity index (χ3v) is 6.21. The summed E-state index contributed by atoms with van der Waals surface area (Å²) in [6.07, 6.45) is 1.81. The molecule has 28 heavy (non-hydrogen) atoms. The van der Waals surface area contributed by atoms with E-state index in [1.807, 2.05) is 38.1 Å². The molecule has 0 aromatic heterocycles. The number of nitrogens with one attached hydrogen (secondary N) is 1. The van der Waals surface area contributed by atoms with Crippen LogP contribution in [0.2, 0.25) is 5.02 Å². The fraction of sp³-hybridized carbons (Fsp3) is 0.435. The molecule has 0 fully saturated rings. The van der Waals surface area contributed by atoms with Gasteiger partial charge in [0.15, 0.2) is 0 Å². The van der Waals surface area contributed by atoms with Crippen molar-refractivity contribution in [1.82, 2.24) is 5.32 Å². The third-order valence-electron chi connectivity index (χ3n) is 5.91. The van der Waals surface area contributed by atoms with Crippen LogP contribution in [-0.4, -0.2) is 17.3 Å². The molecule has 4 nitrogen and oxygen atoms in total. The van der Waals surface area contributed by atoms with Crippen molar-refractivity contribution in [2.75, 3.05) is 0 Å². The van der Waals surface area contributed by atoms with Gasteiger partial charge in [-0.2, -0.15) is 0 Å².